The van der Waals surface area contributed by atoms with Gasteiger partial charge in [0.2, 0.25) is 11.8 Å². The van der Waals surface area contributed by atoms with Crippen molar-refractivity contribution in [3.05, 3.63) is 63.7 Å². The number of carbonyl (C=O) groups excluding carboxylic acids is 4. The van der Waals surface area contributed by atoms with Gasteiger partial charge < -0.3 is 68.6 Å². The number of amides is 5. The zero-order chi connectivity index (χ0) is 44.7. The molecule has 0 saturated carbocycles. The van der Waals surface area contributed by atoms with Crippen LogP contribution in [0.5, 0.6) is 0 Å². The summed E-state index contributed by atoms with van der Waals surface area (Å²) >= 11 is 6.33. The Labute approximate surface area is 374 Å². The topological polar surface area (TPSA) is 226 Å². The molecule has 2 aromatic carbocycles. The quantitative estimate of drug-likeness (QED) is 0.0568. The molecule has 2 aliphatic rings. The molecule has 2 aromatic rings. The van der Waals surface area contributed by atoms with Crippen LogP contribution in [0.4, 0.5) is 10.5 Å². The van der Waals surface area contributed by atoms with Crippen LogP contribution in [0.1, 0.15) is 39.9 Å². The van der Waals surface area contributed by atoms with Gasteiger partial charge in [-0.1, -0.05) is 23.7 Å². The molecule has 5 N–H and O–H groups in total. The SMILES string of the molecule is NCCOCCOCCOCCOCCOCCOCCOCCOCCOCCOCCc1cc(Cl)cc(NC(=O)NCc2ccc3c(c2)CN(C2CCC(=O)NC2=O)C3=O)c1. The fraction of sp³-hybridized carbons (Fsp3) is 0.628. The first-order chi connectivity index (χ1) is 30.8. The number of hydrogen-bond acceptors (Lipinski definition) is 15. The number of benzene rings is 2. The molecule has 63 heavy (non-hydrogen) atoms. The molecule has 1 saturated heterocycles. The van der Waals surface area contributed by atoms with E-state index in [1.807, 2.05) is 18.2 Å². The molecule has 2 heterocycles. The van der Waals surface area contributed by atoms with Crippen LogP contribution in [0.25, 0.3) is 0 Å². The number of nitrogens with zero attached hydrogens (tertiary/aromatic N) is 1. The molecule has 5 amide bonds. The van der Waals surface area contributed by atoms with Crippen LogP contribution in [0.3, 0.4) is 0 Å². The molecule has 1 fully saturated rings. The third-order valence-corrected chi connectivity index (χ3v) is 9.62. The lowest BCUT2D eigenvalue weighted by Gasteiger charge is -2.29. The average molecular weight is 910 g/mol. The van der Waals surface area contributed by atoms with Crippen molar-refractivity contribution in [2.45, 2.75) is 38.4 Å². The van der Waals surface area contributed by atoms with Gasteiger partial charge in [0.05, 0.1) is 132 Å². The van der Waals surface area contributed by atoms with Gasteiger partial charge in [0, 0.05) is 42.3 Å². The summed E-state index contributed by atoms with van der Waals surface area (Å²) in [6, 6.07) is 9.52. The second-order valence-electron chi connectivity index (χ2n) is 14.2. The number of piperidine rings is 1. The van der Waals surface area contributed by atoms with E-state index in [4.69, 9.17) is 64.7 Å². The van der Waals surface area contributed by atoms with Crippen LogP contribution in [-0.2, 0) is 76.5 Å². The number of anilines is 1. The minimum Gasteiger partial charge on any atom is -0.379 e. The highest BCUT2D eigenvalue weighted by atomic mass is 35.5. The van der Waals surface area contributed by atoms with Crippen molar-refractivity contribution >= 4 is 41.0 Å². The number of nitrogens with two attached hydrogens (primary N) is 1. The zero-order valence-electron chi connectivity index (χ0n) is 36.0. The van der Waals surface area contributed by atoms with E-state index in [0.29, 0.717) is 168 Å². The summed E-state index contributed by atoms with van der Waals surface area (Å²) in [5, 5.41) is 8.43. The predicted octanol–water partition coefficient (Wildman–Crippen LogP) is 2.09. The van der Waals surface area contributed by atoms with Gasteiger partial charge >= 0.3 is 6.03 Å². The molecule has 4 rings (SSSR count). The first kappa shape index (κ1) is 51.8. The van der Waals surface area contributed by atoms with Crippen molar-refractivity contribution in [3.63, 3.8) is 0 Å². The second kappa shape index (κ2) is 31.9. The average Bonchev–Trinajstić information content (AvgIpc) is 3.59. The van der Waals surface area contributed by atoms with Gasteiger partial charge in [-0.25, -0.2) is 4.79 Å². The Morgan fingerprint density at radius 1 is 0.651 bits per heavy atom. The molecule has 0 spiro atoms. The summed E-state index contributed by atoms with van der Waals surface area (Å²) in [5.41, 5.74) is 8.84. The first-order valence-corrected chi connectivity index (χ1v) is 21.8. The van der Waals surface area contributed by atoms with E-state index in [1.165, 1.54) is 4.90 Å². The van der Waals surface area contributed by atoms with Crippen LogP contribution in [-0.4, -0.2) is 173 Å². The lowest BCUT2D eigenvalue weighted by atomic mass is 10.0. The maximum Gasteiger partial charge on any atom is 0.319 e. The molecule has 0 radical (unpaired) electrons. The minimum atomic E-state index is -0.684. The monoisotopic (exact) mass is 909 g/mol. The number of rotatable bonds is 36. The van der Waals surface area contributed by atoms with E-state index in [0.717, 1.165) is 16.7 Å². The third kappa shape index (κ3) is 21.6. The van der Waals surface area contributed by atoms with Crippen molar-refractivity contribution in [2.75, 3.05) is 144 Å². The van der Waals surface area contributed by atoms with Crippen molar-refractivity contribution in [1.29, 1.82) is 0 Å². The lowest BCUT2D eigenvalue weighted by molar-refractivity contribution is -0.136. The smallest absolute Gasteiger partial charge is 0.319 e. The van der Waals surface area contributed by atoms with Gasteiger partial charge in [-0.15, -0.1) is 0 Å². The number of hydrogen-bond donors (Lipinski definition) is 4. The van der Waals surface area contributed by atoms with Crippen LogP contribution < -0.4 is 21.7 Å². The fourth-order valence-corrected chi connectivity index (χ4v) is 6.57. The fourth-order valence-electron chi connectivity index (χ4n) is 6.32. The maximum absolute atomic E-state index is 13.0. The van der Waals surface area contributed by atoms with Crippen LogP contribution in [0, 0.1) is 0 Å². The highest BCUT2D eigenvalue weighted by Crippen LogP contribution is 2.28. The normalized spacial score (nSPS) is 14.9. The molecule has 20 heteroatoms. The molecule has 2 aliphatic heterocycles. The van der Waals surface area contributed by atoms with Crippen molar-refractivity contribution in [2.24, 2.45) is 5.73 Å². The number of nitrogens with one attached hydrogen (secondary N) is 3. The minimum absolute atomic E-state index is 0.190. The van der Waals surface area contributed by atoms with E-state index < -0.39 is 18.0 Å². The van der Waals surface area contributed by atoms with Crippen LogP contribution in [0.2, 0.25) is 5.02 Å². The maximum atomic E-state index is 13.0. The van der Waals surface area contributed by atoms with Crippen molar-refractivity contribution in [3.8, 4) is 0 Å². The summed E-state index contributed by atoms with van der Waals surface area (Å²) in [5.74, 6) is -1.04. The number of urea groups is 1. The van der Waals surface area contributed by atoms with Gasteiger partial charge in [0.1, 0.15) is 6.04 Å². The Bertz CT molecular complexity index is 1660. The summed E-state index contributed by atoms with van der Waals surface area (Å²) in [7, 11) is 0. The summed E-state index contributed by atoms with van der Waals surface area (Å²) in [6.07, 6.45) is 1.07. The molecular formula is C43H64ClN5O14. The molecule has 0 bridgehead atoms. The number of halogens is 1. The van der Waals surface area contributed by atoms with E-state index in [1.54, 1.807) is 18.2 Å². The number of ether oxygens (including phenoxy) is 10. The van der Waals surface area contributed by atoms with Gasteiger partial charge in [-0.2, -0.15) is 0 Å². The van der Waals surface area contributed by atoms with Gasteiger partial charge in [-0.3, -0.25) is 19.7 Å². The molecular weight excluding hydrogens is 846 g/mol. The van der Waals surface area contributed by atoms with Gasteiger partial charge in [-0.05, 0) is 53.8 Å². The molecule has 352 valence electrons. The highest BCUT2D eigenvalue weighted by Gasteiger charge is 2.39. The largest absolute Gasteiger partial charge is 0.379 e. The Morgan fingerprint density at radius 2 is 1.14 bits per heavy atom. The number of imide groups is 1. The molecule has 1 atom stereocenters. The Balaban J connectivity index is 0.902. The van der Waals surface area contributed by atoms with Crippen molar-refractivity contribution < 1.29 is 66.5 Å². The van der Waals surface area contributed by atoms with E-state index in [-0.39, 0.29) is 31.3 Å². The summed E-state index contributed by atoms with van der Waals surface area (Å²) in [4.78, 5) is 51.1. The van der Waals surface area contributed by atoms with Gasteiger partial charge in [0.25, 0.3) is 5.91 Å². The standard InChI is InChI=1S/C43H64ClN5O14/c44-36-28-33(29-37(30-36)47-43(53)46-31-34-1-2-38-35(27-34)32-49(42(38)52)39-3-4-40(50)48-41(39)51)5-7-54-9-11-56-13-15-58-17-19-60-21-23-62-25-26-63-24-22-61-20-18-59-16-14-57-12-10-55-8-6-45/h1-2,27-30,39H,3-26,31-32,45H2,(H2,46,47,53)(H,48,50,51). The third-order valence-electron chi connectivity index (χ3n) is 9.40. The first-order valence-electron chi connectivity index (χ1n) is 21.4. The molecule has 19 nitrogen and oxygen atoms in total. The zero-order valence-corrected chi connectivity index (χ0v) is 36.8. The number of carbonyl (C=O) groups is 4. The van der Waals surface area contributed by atoms with Gasteiger partial charge in [0.15, 0.2) is 0 Å². The summed E-state index contributed by atoms with van der Waals surface area (Å²) in [6.45, 7) is 10.6. The van der Waals surface area contributed by atoms with E-state index in [2.05, 4.69) is 16.0 Å². The summed E-state index contributed by atoms with van der Waals surface area (Å²) < 4.78 is 54.8. The predicted molar refractivity (Wildman–Crippen MR) is 231 cm³/mol. The molecule has 1 unspecified atom stereocenters. The molecule has 0 aromatic heterocycles. The lowest BCUT2D eigenvalue weighted by Crippen LogP contribution is -2.52. The van der Waals surface area contributed by atoms with E-state index in [9.17, 15) is 19.2 Å². The second-order valence-corrected chi connectivity index (χ2v) is 14.6. The van der Waals surface area contributed by atoms with Crippen LogP contribution >= 0.6 is 11.6 Å². The Kier molecular flexibility index (Phi) is 26.3. The highest BCUT2D eigenvalue weighted by molar-refractivity contribution is 6.31. The Morgan fingerprint density at radius 3 is 1.63 bits per heavy atom. The van der Waals surface area contributed by atoms with E-state index >= 15 is 0 Å². The molecule has 0 aliphatic carbocycles. The number of fused-ring (bicyclic) bond motifs is 1. The van der Waals surface area contributed by atoms with Crippen LogP contribution in [0.15, 0.2) is 36.4 Å². The van der Waals surface area contributed by atoms with Crippen molar-refractivity contribution in [1.82, 2.24) is 15.5 Å². The Hall–Kier alpha value is -3.83.